The van der Waals surface area contributed by atoms with Gasteiger partial charge in [-0.15, -0.1) is 0 Å². The van der Waals surface area contributed by atoms with Crippen molar-refractivity contribution in [2.75, 3.05) is 40.3 Å². The van der Waals surface area contributed by atoms with Crippen molar-refractivity contribution in [3.63, 3.8) is 0 Å². The fourth-order valence-electron chi connectivity index (χ4n) is 3.40. The molecule has 0 aromatic heterocycles. The predicted molar refractivity (Wildman–Crippen MR) is 110 cm³/mol. The molecule has 1 amide bonds. The summed E-state index contributed by atoms with van der Waals surface area (Å²) in [5.41, 5.74) is 1.21. The molecule has 0 bridgehead atoms. The number of guanidine groups is 1. The molecule has 1 aliphatic rings. The van der Waals surface area contributed by atoms with Crippen LogP contribution in [0, 0.1) is 5.92 Å². The summed E-state index contributed by atoms with van der Waals surface area (Å²) in [6.07, 6.45) is 3.75. The second-order valence-corrected chi connectivity index (χ2v) is 7.06. The topological polar surface area (TPSA) is 66.0 Å². The molecule has 1 heterocycles. The van der Waals surface area contributed by atoms with Gasteiger partial charge in [-0.3, -0.25) is 9.79 Å². The maximum atomic E-state index is 11.5. The molecule has 1 aromatic rings. The van der Waals surface area contributed by atoms with Gasteiger partial charge in [-0.2, -0.15) is 0 Å². The molecule has 1 unspecified atom stereocenters. The molecule has 1 atom stereocenters. The van der Waals surface area contributed by atoms with Crippen LogP contribution in [0.15, 0.2) is 35.3 Å². The molecule has 27 heavy (non-hydrogen) atoms. The summed E-state index contributed by atoms with van der Waals surface area (Å²) in [6.45, 7) is 5.54. The van der Waals surface area contributed by atoms with E-state index >= 15 is 0 Å². The number of carbonyl (C=O) groups is 1. The summed E-state index contributed by atoms with van der Waals surface area (Å²) in [5.74, 6) is 1.57. The molecule has 2 N–H and O–H groups in total. The third-order valence-electron chi connectivity index (χ3n) is 5.12. The van der Waals surface area contributed by atoms with Crippen molar-refractivity contribution in [1.29, 1.82) is 0 Å². The van der Waals surface area contributed by atoms with E-state index in [9.17, 15) is 4.79 Å². The van der Waals surface area contributed by atoms with Crippen LogP contribution in [-0.4, -0.2) is 57.1 Å². The Labute approximate surface area is 163 Å². The Morgan fingerprint density at radius 1 is 1.30 bits per heavy atom. The van der Waals surface area contributed by atoms with Crippen LogP contribution < -0.4 is 10.6 Å². The van der Waals surface area contributed by atoms with Gasteiger partial charge in [-0.25, -0.2) is 0 Å². The zero-order valence-electron chi connectivity index (χ0n) is 16.9. The van der Waals surface area contributed by atoms with E-state index in [0.29, 0.717) is 18.9 Å². The van der Waals surface area contributed by atoms with Crippen LogP contribution in [0.5, 0.6) is 0 Å². The van der Waals surface area contributed by atoms with E-state index in [0.717, 1.165) is 44.9 Å². The van der Waals surface area contributed by atoms with Gasteiger partial charge in [0.1, 0.15) is 0 Å². The Balaban J connectivity index is 1.63. The average molecular weight is 375 g/mol. The van der Waals surface area contributed by atoms with E-state index < -0.39 is 0 Å². The van der Waals surface area contributed by atoms with Gasteiger partial charge < -0.3 is 20.3 Å². The van der Waals surface area contributed by atoms with Crippen molar-refractivity contribution in [3.05, 3.63) is 35.9 Å². The maximum Gasteiger partial charge on any atom is 0.220 e. The second-order valence-electron chi connectivity index (χ2n) is 7.06. The maximum absolute atomic E-state index is 11.5. The van der Waals surface area contributed by atoms with Crippen molar-refractivity contribution in [1.82, 2.24) is 15.5 Å². The minimum absolute atomic E-state index is 0.116. The summed E-state index contributed by atoms with van der Waals surface area (Å²) in [5, 5.41) is 6.15. The quantitative estimate of drug-likeness (QED) is 0.417. The van der Waals surface area contributed by atoms with E-state index in [4.69, 9.17) is 4.74 Å². The first-order valence-corrected chi connectivity index (χ1v) is 9.96. The SMILES string of the molecule is CN=C(NCCCOC(C)c1ccccc1)N1CCC(CC(=O)NC)CC1. The van der Waals surface area contributed by atoms with Crippen molar-refractivity contribution in [3.8, 4) is 0 Å². The smallest absolute Gasteiger partial charge is 0.220 e. The molecule has 0 aliphatic carbocycles. The zero-order valence-corrected chi connectivity index (χ0v) is 16.9. The molecule has 1 saturated heterocycles. The Morgan fingerprint density at radius 2 is 2.00 bits per heavy atom. The van der Waals surface area contributed by atoms with Crippen molar-refractivity contribution in [2.45, 2.75) is 38.7 Å². The third kappa shape index (κ3) is 7.21. The molecule has 0 radical (unpaired) electrons. The first-order chi connectivity index (χ1) is 13.1. The lowest BCUT2D eigenvalue weighted by atomic mass is 9.93. The molecule has 1 fully saturated rings. The Kier molecular flexibility index (Phi) is 9.11. The van der Waals surface area contributed by atoms with Crippen LogP contribution in [0.25, 0.3) is 0 Å². The monoisotopic (exact) mass is 374 g/mol. The highest BCUT2D eigenvalue weighted by Gasteiger charge is 2.22. The minimum atomic E-state index is 0.116. The fourth-order valence-corrected chi connectivity index (χ4v) is 3.40. The molecule has 1 aliphatic heterocycles. The lowest BCUT2D eigenvalue weighted by Crippen LogP contribution is -2.46. The van der Waals surface area contributed by atoms with Crippen LogP contribution in [0.4, 0.5) is 0 Å². The number of carbonyl (C=O) groups excluding carboxylic acids is 1. The number of piperidine rings is 1. The number of nitrogens with zero attached hydrogens (tertiary/aromatic N) is 2. The highest BCUT2D eigenvalue weighted by molar-refractivity contribution is 5.80. The standard InChI is InChI=1S/C21H34N4O2/c1-17(19-8-5-4-6-9-19)27-15-7-12-24-21(23-3)25-13-10-18(11-14-25)16-20(26)22-2/h4-6,8-9,17-18H,7,10-16H2,1-3H3,(H,22,26)(H,23,24). The van der Waals surface area contributed by atoms with Crippen molar-refractivity contribution in [2.24, 2.45) is 10.9 Å². The van der Waals surface area contributed by atoms with Gasteiger partial charge in [0.2, 0.25) is 5.91 Å². The van der Waals surface area contributed by atoms with Gasteiger partial charge >= 0.3 is 0 Å². The van der Waals surface area contributed by atoms with Crippen molar-refractivity contribution >= 4 is 11.9 Å². The number of hydrogen-bond acceptors (Lipinski definition) is 3. The van der Waals surface area contributed by atoms with Gasteiger partial charge in [-0.05, 0) is 37.7 Å². The molecule has 150 valence electrons. The van der Waals surface area contributed by atoms with E-state index in [1.807, 2.05) is 25.2 Å². The number of benzene rings is 1. The Morgan fingerprint density at radius 3 is 2.63 bits per heavy atom. The number of nitrogens with one attached hydrogen (secondary N) is 2. The van der Waals surface area contributed by atoms with E-state index in [-0.39, 0.29) is 12.0 Å². The van der Waals surface area contributed by atoms with Crippen molar-refractivity contribution < 1.29 is 9.53 Å². The van der Waals surface area contributed by atoms with Crippen LogP contribution in [0.1, 0.15) is 44.3 Å². The van der Waals surface area contributed by atoms with E-state index in [1.165, 1.54) is 5.56 Å². The summed E-state index contributed by atoms with van der Waals surface area (Å²) < 4.78 is 5.92. The normalized spacial score (nSPS) is 16.9. The molecule has 0 saturated carbocycles. The summed E-state index contributed by atoms with van der Waals surface area (Å²) in [7, 11) is 3.53. The number of ether oxygens (including phenoxy) is 1. The van der Waals surface area contributed by atoms with Crippen LogP contribution >= 0.6 is 0 Å². The second kappa shape index (κ2) is 11.6. The summed E-state index contributed by atoms with van der Waals surface area (Å²) in [6, 6.07) is 10.3. The van der Waals surface area contributed by atoms with Crippen LogP contribution in [0.2, 0.25) is 0 Å². The number of hydrogen-bond donors (Lipinski definition) is 2. The average Bonchev–Trinajstić information content (AvgIpc) is 2.72. The van der Waals surface area contributed by atoms with E-state index in [1.54, 1.807) is 7.05 Å². The van der Waals surface area contributed by atoms with Gasteiger partial charge in [0.25, 0.3) is 0 Å². The molecule has 1 aromatic carbocycles. The summed E-state index contributed by atoms with van der Waals surface area (Å²) >= 11 is 0. The predicted octanol–water partition coefficient (Wildman–Crippen LogP) is 2.58. The largest absolute Gasteiger partial charge is 0.374 e. The zero-order chi connectivity index (χ0) is 19.5. The first kappa shape index (κ1) is 21.2. The van der Waals surface area contributed by atoms with Crippen LogP contribution in [0.3, 0.4) is 0 Å². The molecule has 2 rings (SSSR count). The lowest BCUT2D eigenvalue weighted by Gasteiger charge is -2.34. The number of amides is 1. The van der Waals surface area contributed by atoms with Gasteiger partial charge in [0, 0.05) is 46.8 Å². The molecular weight excluding hydrogens is 340 g/mol. The first-order valence-electron chi connectivity index (χ1n) is 9.96. The highest BCUT2D eigenvalue weighted by Crippen LogP contribution is 2.20. The summed E-state index contributed by atoms with van der Waals surface area (Å²) in [4.78, 5) is 18.2. The van der Waals surface area contributed by atoms with Gasteiger partial charge in [0.05, 0.1) is 6.10 Å². The minimum Gasteiger partial charge on any atom is -0.374 e. The number of likely N-dealkylation sites (tertiary alicyclic amines) is 1. The molecule has 0 spiro atoms. The molecule has 6 nitrogen and oxygen atoms in total. The number of rotatable bonds is 8. The Bertz CT molecular complexity index is 583. The number of aliphatic imine (C=N–C) groups is 1. The van der Waals surface area contributed by atoms with Crippen LogP contribution in [-0.2, 0) is 9.53 Å². The highest BCUT2D eigenvalue weighted by atomic mass is 16.5. The lowest BCUT2D eigenvalue weighted by molar-refractivity contribution is -0.121. The Hall–Kier alpha value is -2.08. The van der Waals surface area contributed by atoms with Gasteiger partial charge in [-0.1, -0.05) is 30.3 Å². The van der Waals surface area contributed by atoms with Gasteiger partial charge in [0.15, 0.2) is 5.96 Å². The fraction of sp³-hybridized carbons (Fsp3) is 0.619. The third-order valence-corrected chi connectivity index (χ3v) is 5.12. The molecule has 6 heteroatoms. The molecular formula is C21H34N4O2. The van der Waals surface area contributed by atoms with E-state index in [2.05, 4.69) is 39.6 Å².